The molecule has 30 heavy (non-hydrogen) atoms. The van der Waals surface area contributed by atoms with Crippen molar-refractivity contribution in [1.82, 2.24) is 4.90 Å². The third kappa shape index (κ3) is 5.07. The average Bonchev–Trinajstić information content (AvgIpc) is 3.42. The second-order valence-electron chi connectivity index (χ2n) is 8.11. The van der Waals surface area contributed by atoms with Crippen LogP contribution < -0.4 is 0 Å². The lowest BCUT2D eigenvalue weighted by atomic mass is 9.95. The van der Waals surface area contributed by atoms with Gasteiger partial charge in [-0.3, -0.25) is 0 Å². The number of benzene rings is 1. The maximum Gasteiger partial charge on any atom is 0.490 e. The molecule has 3 aliphatic rings. The third-order valence-electron chi connectivity index (χ3n) is 6.11. The zero-order valence-corrected chi connectivity index (χ0v) is 18.4. The Bertz CT molecular complexity index is 804. The number of rotatable bonds is 2. The third-order valence-corrected chi connectivity index (χ3v) is 7.75. The van der Waals surface area contributed by atoms with Crippen molar-refractivity contribution in [2.24, 2.45) is 4.99 Å². The van der Waals surface area contributed by atoms with E-state index in [9.17, 15) is 13.2 Å². The van der Waals surface area contributed by atoms with Crippen LogP contribution in [-0.2, 0) is 4.79 Å². The summed E-state index contributed by atoms with van der Waals surface area (Å²) in [6.07, 6.45) is 5.83. The van der Waals surface area contributed by atoms with Crippen molar-refractivity contribution in [2.75, 3.05) is 5.75 Å². The first-order valence-electron chi connectivity index (χ1n) is 10.2. The zero-order chi connectivity index (χ0) is 21.9. The van der Waals surface area contributed by atoms with Gasteiger partial charge in [-0.05, 0) is 50.3 Å². The number of thioether (sulfide) groups is 1. The van der Waals surface area contributed by atoms with E-state index in [2.05, 4.69) is 17.9 Å². The molecule has 1 heterocycles. The Balaban J connectivity index is 0.000000318. The Morgan fingerprint density at radius 3 is 2.40 bits per heavy atom. The monoisotopic (exact) mass is 462 g/mol. The molecule has 1 N–H and O–H groups in total. The second-order valence-corrected chi connectivity index (χ2v) is 9.46. The highest BCUT2D eigenvalue weighted by Crippen LogP contribution is 2.48. The summed E-state index contributed by atoms with van der Waals surface area (Å²) >= 11 is 8.27. The van der Waals surface area contributed by atoms with E-state index < -0.39 is 12.1 Å². The number of carboxylic acids is 1. The van der Waals surface area contributed by atoms with Gasteiger partial charge in [0.25, 0.3) is 0 Å². The predicted octanol–water partition coefficient (Wildman–Crippen LogP) is 6.57. The number of carbonyl (C=O) groups is 1. The number of halogens is 4. The molecule has 0 radical (unpaired) electrons. The average molecular weight is 463 g/mol. The lowest BCUT2D eigenvalue weighted by Gasteiger charge is -2.40. The fraction of sp³-hybridized carbons (Fsp3) is 0.619. The summed E-state index contributed by atoms with van der Waals surface area (Å²) in [5.41, 5.74) is 2.53. The highest BCUT2D eigenvalue weighted by atomic mass is 35.5. The van der Waals surface area contributed by atoms with Crippen LogP contribution in [0.2, 0.25) is 5.02 Å². The van der Waals surface area contributed by atoms with Crippen molar-refractivity contribution in [3.05, 3.63) is 28.8 Å². The van der Waals surface area contributed by atoms with Crippen LogP contribution >= 0.6 is 23.4 Å². The fourth-order valence-corrected chi connectivity index (χ4v) is 6.21. The summed E-state index contributed by atoms with van der Waals surface area (Å²) in [6, 6.07) is 6.78. The van der Waals surface area contributed by atoms with Crippen molar-refractivity contribution < 1.29 is 23.1 Å². The fourth-order valence-electron chi connectivity index (χ4n) is 4.57. The van der Waals surface area contributed by atoms with Gasteiger partial charge in [0.05, 0.1) is 11.2 Å². The van der Waals surface area contributed by atoms with Crippen LogP contribution in [0.3, 0.4) is 0 Å². The molecule has 2 aliphatic carbocycles. The van der Waals surface area contributed by atoms with Gasteiger partial charge >= 0.3 is 12.1 Å². The lowest BCUT2D eigenvalue weighted by molar-refractivity contribution is -0.192. The first-order valence-corrected chi connectivity index (χ1v) is 11.6. The highest BCUT2D eigenvalue weighted by molar-refractivity contribution is 8.14. The van der Waals surface area contributed by atoms with E-state index in [0.717, 1.165) is 16.3 Å². The van der Waals surface area contributed by atoms with Crippen molar-refractivity contribution in [2.45, 2.75) is 76.0 Å². The molecule has 1 aromatic carbocycles. The zero-order valence-electron chi connectivity index (χ0n) is 16.8. The maximum absolute atomic E-state index is 10.6. The molecule has 2 saturated carbocycles. The molecule has 0 bridgehead atoms. The second kappa shape index (κ2) is 9.39. The van der Waals surface area contributed by atoms with E-state index in [0.29, 0.717) is 11.6 Å². The van der Waals surface area contributed by atoms with Crippen molar-refractivity contribution in [3.8, 4) is 0 Å². The van der Waals surface area contributed by atoms with Crippen molar-refractivity contribution in [1.29, 1.82) is 0 Å². The molecule has 166 valence electrons. The van der Waals surface area contributed by atoms with Gasteiger partial charge in [-0.25, -0.2) is 9.79 Å². The quantitative estimate of drug-likeness (QED) is 0.539. The standard InChI is InChI=1S/C19H25ClN2S.C2HF3O2/c1-14-16(20)9-6-10-17(14)21-18-22(15-7-2-3-8-15)19(13-23-18)11-4-5-12-19;3-2(4,5)1(6)7/h6,9-10,15H,2-5,7-8,11-13H2,1H3;(H,6,7). The molecular formula is C21H26ClF3N2O2S. The molecular weight excluding hydrogens is 437 g/mol. The Kier molecular flexibility index (Phi) is 7.28. The first kappa shape index (κ1) is 23.3. The van der Waals surface area contributed by atoms with E-state index in [-0.39, 0.29) is 0 Å². The molecule has 3 fully saturated rings. The summed E-state index contributed by atoms with van der Waals surface area (Å²) in [6.45, 7) is 2.08. The van der Waals surface area contributed by atoms with Gasteiger partial charge < -0.3 is 10.0 Å². The first-order chi connectivity index (χ1) is 14.1. The summed E-state index contributed by atoms with van der Waals surface area (Å²) < 4.78 is 31.7. The Morgan fingerprint density at radius 2 is 1.83 bits per heavy atom. The molecule has 0 unspecified atom stereocenters. The van der Waals surface area contributed by atoms with Gasteiger partial charge in [0.1, 0.15) is 0 Å². The number of hydrogen-bond acceptors (Lipinski definition) is 3. The number of hydrogen-bond donors (Lipinski definition) is 1. The molecule has 4 rings (SSSR count). The van der Waals surface area contributed by atoms with Gasteiger partial charge in [-0.1, -0.05) is 55.1 Å². The van der Waals surface area contributed by atoms with E-state index in [1.807, 2.05) is 23.9 Å². The summed E-state index contributed by atoms with van der Waals surface area (Å²) in [5.74, 6) is -1.53. The number of alkyl halides is 3. The van der Waals surface area contributed by atoms with Crippen LogP contribution in [0.25, 0.3) is 0 Å². The number of nitrogens with zero attached hydrogens (tertiary/aromatic N) is 2. The van der Waals surface area contributed by atoms with Crippen LogP contribution in [0, 0.1) is 6.92 Å². The molecule has 0 atom stereocenters. The van der Waals surface area contributed by atoms with E-state index in [1.165, 1.54) is 62.3 Å². The van der Waals surface area contributed by atoms with Crippen molar-refractivity contribution in [3.63, 3.8) is 0 Å². The van der Waals surface area contributed by atoms with Crippen LogP contribution in [-0.4, -0.2) is 44.7 Å². The summed E-state index contributed by atoms with van der Waals surface area (Å²) in [7, 11) is 0. The molecule has 1 spiro atoms. The summed E-state index contributed by atoms with van der Waals surface area (Å²) in [4.78, 5) is 16.7. The number of aliphatic imine (C=N–C) groups is 1. The Morgan fingerprint density at radius 1 is 1.23 bits per heavy atom. The van der Waals surface area contributed by atoms with Crippen LogP contribution in [0.5, 0.6) is 0 Å². The molecule has 9 heteroatoms. The van der Waals surface area contributed by atoms with Gasteiger partial charge in [0, 0.05) is 16.8 Å². The maximum atomic E-state index is 10.6. The molecule has 0 aromatic heterocycles. The van der Waals surface area contributed by atoms with Crippen LogP contribution in [0.4, 0.5) is 18.9 Å². The van der Waals surface area contributed by atoms with Gasteiger partial charge in [-0.15, -0.1) is 0 Å². The van der Waals surface area contributed by atoms with Crippen molar-refractivity contribution >= 4 is 40.2 Å². The SMILES string of the molecule is Cc1c(Cl)cccc1N=C1SCC2(CCCC2)N1C1CCCC1.O=C(O)C(F)(F)F. The van der Waals surface area contributed by atoms with Gasteiger partial charge in [-0.2, -0.15) is 13.2 Å². The molecule has 1 saturated heterocycles. The van der Waals surface area contributed by atoms with E-state index in [4.69, 9.17) is 26.5 Å². The highest BCUT2D eigenvalue weighted by Gasteiger charge is 2.49. The minimum atomic E-state index is -5.08. The Hall–Kier alpha value is -1.41. The molecule has 4 nitrogen and oxygen atoms in total. The number of aliphatic carboxylic acids is 1. The minimum Gasteiger partial charge on any atom is -0.475 e. The largest absolute Gasteiger partial charge is 0.490 e. The van der Waals surface area contributed by atoms with E-state index >= 15 is 0 Å². The predicted molar refractivity (Wildman–Crippen MR) is 115 cm³/mol. The smallest absolute Gasteiger partial charge is 0.475 e. The molecule has 1 aromatic rings. The summed E-state index contributed by atoms with van der Waals surface area (Å²) in [5, 5.41) is 9.20. The normalized spacial score (nSPS) is 22.6. The topological polar surface area (TPSA) is 52.9 Å². The molecule has 0 amide bonds. The van der Waals surface area contributed by atoms with Crippen LogP contribution in [0.15, 0.2) is 23.2 Å². The van der Waals surface area contributed by atoms with Crippen LogP contribution in [0.1, 0.15) is 56.9 Å². The number of carboxylic acid groups (broad SMARTS) is 1. The lowest BCUT2D eigenvalue weighted by Crippen LogP contribution is -2.50. The van der Waals surface area contributed by atoms with Gasteiger partial charge in [0.2, 0.25) is 0 Å². The van der Waals surface area contributed by atoms with E-state index in [1.54, 1.807) is 0 Å². The minimum absolute atomic E-state index is 0.394. The molecule has 1 aliphatic heterocycles. The number of amidine groups is 1. The van der Waals surface area contributed by atoms with Gasteiger partial charge in [0.15, 0.2) is 5.17 Å². The Labute approximate surface area is 183 Å².